The lowest BCUT2D eigenvalue weighted by atomic mass is 9.97. The maximum absolute atomic E-state index is 12.4. The molecule has 31 heavy (non-hydrogen) atoms. The van der Waals surface area contributed by atoms with E-state index in [1.807, 2.05) is 19.0 Å². The zero-order valence-corrected chi connectivity index (χ0v) is 17.4. The van der Waals surface area contributed by atoms with Crippen molar-refractivity contribution in [3.8, 4) is 23.0 Å². The van der Waals surface area contributed by atoms with Crippen molar-refractivity contribution >= 4 is 17.5 Å². The SMILES string of the molecule is COC(=O)c1c(/C(O)=C(\O)c2cc3c(cc2CCN(C)C)OCO3)ccc2c1OCO2. The first kappa shape index (κ1) is 20.7. The van der Waals surface area contributed by atoms with Gasteiger partial charge < -0.3 is 38.8 Å². The van der Waals surface area contributed by atoms with Crippen LogP contribution in [0.1, 0.15) is 27.0 Å². The van der Waals surface area contributed by atoms with Gasteiger partial charge in [-0.25, -0.2) is 4.79 Å². The van der Waals surface area contributed by atoms with Crippen LogP contribution in [0.15, 0.2) is 24.3 Å². The van der Waals surface area contributed by atoms with E-state index in [9.17, 15) is 15.0 Å². The first-order valence-corrected chi connectivity index (χ1v) is 9.61. The molecule has 2 N–H and O–H groups in total. The van der Waals surface area contributed by atoms with Crippen molar-refractivity contribution in [1.29, 1.82) is 0 Å². The summed E-state index contributed by atoms with van der Waals surface area (Å²) in [4.78, 5) is 14.4. The summed E-state index contributed by atoms with van der Waals surface area (Å²) in [6.07, 6.45) is 0.585. The van der Waals surface area contributed by atoms with E-state index in [4.69, 9.17) is 23.7 Å². The molecule has 0 unspecified atom stereocenters. The van der Waals surface area contributed by atoms with Gasteiger partial charge in [0, 0.05) is 17.7 Å². The van der Waals surface area contributed by atoms with E-state index in [1.165, 1.54) is 13.2 Å². The molecule has 0 aromatic heterocycles. The summed E-state index contributed by atoms with van der Waals surface area (Å²) in [5.74, 6) is -0.0895. The third-order valence-electron chi connectivity index (χ3n) is 5.09. The molecular formula is C22H23NO8. The number of carbonyl (C=O) groups excluding carboxylic acids is 1. The molecule has 4 rings (SSSR count). The van der Waals surface area contributed by atoms with Gasteiger partial charge in [-0.15, -0.1) is 0 Å². The molecule has 9 nitrogen and oxygen atoms in total. The fourth-order valence-corrected chi connectivity index (χ4v) is 3.48. The van der Waals surface area contributed by atoms with E-state index in [2.05, 4.69) is 0 Å². The zero-order chi connectivity index (χ0) is 22.1. The van der Waals surface area contributed by atoms with Crippen LogP contribution in [0.25, 0.3) is 11.5 Å². The van der Waals surface area contributed by atoms with E-state index in [0.29, 0.717) is 35.8 Å². The molecule has 2 heterocycles. The van der Waals surface area contributed by atoms with Crippen molar-refractivity contribution in [2.24, 2.45) is 0 Å². The van der Waals surface area contributed by atoms with Crippen LogP contribution in [-0.2, 0) is 11.2 Å². The number of nitrogens with zero attached hydrogens (tertiary/aromatic N) is 1. The number of hydrogen-bond donors (Lipinski definition) is 2. The van der Waals surface area contributed by atoms with Crippen molar-refractivity contribution in [3.05, 3.63) is 46.5 Å². The van der Waals surface area contributed by atoms with E-state index in [-0.39, 0.29) is 30.5 Å². The number of aliphatic hydroxyl groups is 2. The predicted octanol–water partition coefficient (Wildman–Crippen LogP) is 2.98. The van der Waals surface area contributed by atoms with Gasteiger partial charge in [-0.1, -0.05) is 0 Å². The minimum absolute atomic E-state index is 0.0304. The molecule has 0 saturated carbocycles. The number of hydrogen-bond acceptors (Lipinski definition) is 9. The van der Waals surface area contributed by atoms with Crippen molar-refractivity contribution < 1.29 is 38.7 Å². The Labute approximate surface area is 179 Å². The quantitative estimate of drug-likeness (QED) is 0.407. The second kappa shape index (κ2) is 8.27. The van der Waals surface area contributed by atoms with Gasteiger partial charge in [0.1, 0.15) is 5.56 Å². The van der Waals surface area contributed by atoms with Crippen molar-refractivity contribution in [1.82, 2.24) is 4.90 Å². The number of benzene rings is 2. The van der Waals surface area contributed by atoms with Crippen LogP contribution in [-0.4, -0.2) is 62.4 Å². The largest absolute Gasteiger partial charge is 0.504 e. The number of methoxy groups -OCH3 is 1. The minimum Gasteiger partial charge on any atom is -0.504 e. The Morgan fingerprint density at radius 2 is 1.61 bits per heavy atom. The summed E-state index contributed by atoms with van der Waals surface area (Å²) >= 11 is 0. The van der Waals surface area contributed by atoms with Gasteiger partial charge >= 0.3 is 5.97 Å². The lowest BCUT2D eigenvalue weighted by Crippen LogP contribution is -2.16. The van der Waals surface area contributed by atoms with Gasteiger partial charge in [0.15, 0.2) is 34.5 Å². The van der Waals surface area contributed by atoms with Gasteiger partial charge in [-0.2, -0.15) is 0 Å². The molecule has 2 aliphatic rings. The van der Waals surface area contributed by atoms with E-state index in [0.717, 1.165) is 5.56 Å². The lowest BCUT2D eigenvalue weighted by Gasteiger charge is -2.16. The molecule has 2 aromatic rings. The Bertz CT molecular complexity index is 1060. The first-order chi connectivity index (χ1) is 14.9. The second-order valence-electron chi connectivity index (χ2n) is 7.33. The molecule has 2 aromatic carbocycles. The molecular weight excluding hydrogens is 406 g/mol. The van der Waals surface area contributed by atoms with Crippen molar-refractivity contribution in [3.63, 3.8) is 0 Å². The average molecular weight is 429 g/mol. The van der Waals surface area contributed by atoms with E-state index in [1.54, 1.807) is 18.2 Å². The number of fused-ring (bicyclic) bond motifs is 2. The fourth-order valence-electron chi connectivity index (χ4n) is 3.48. The fraction of sp³-hybridized carbons (Fsp3) is 0.318. The Hall–Kier alpha value is -3.59. The maximum Gasteiger partial charge on any atom is 0.342 e. The smallest absolute Gasteiger partial charge is 0.342 e. The van der Waals surface area contributed by atoms with Crippen LogP contribution < -0.4 is 18.9 Å². The molecule has 0 amide bonds. The van der Waals surface area contributed by atoms with Crippen LogP contribution in [0.3, 0.4) is 0 Å². The van der Waals surface area contributed by atoms with Crippen LogP contribution in [0.4, 0.5) is 0 Å². The van der Waals surface area contributed by atoms with Crippen LogP contribution in [0, 0.1) is 0 Å². The topological polar surface area (TPSA) is 107 Å². The second-order valence-corrected chi connectivity index (χ2v) is 7.33. The molecule has 164 valence electrons. The number of aliphatic hydroxyl groups excluding tert-OH is 2. The highest BCUT2D eigenvalue weighted by molar-refractivity contribution is 6.01. The standard InChI is InChI=1S/C22H23NO8/c1-23(2)7-6-12-8-16-17(30-10-29-16)9-14(12)20(25)19(24)13-4-5-15-21(31-11-28-15)18(13)22(26)27-3/h4-5,8-9,24-25H,6-7,10-11H2,1-3H3/b20-19+. The Morgan fingerprint density at radius 1 is 0.968 bits per heavy atom. The van der Waals surface area contributed by atoms with Crippen LogP contribution in [0.5, 0.6) is 23.0 Å². The van der Waals surface area contributed by atoms with Gasteiger partial charge in [-0.05, 0) is 50.3 Å². The molecule has 9 heteroatoms. The van der Waals surface area contributed by atoms with Gasteiger partial charge in [-0.3, -0.25) is 0 Å². The highest BCUT2D eigenvalue weighted by Gasteiger charge is 2.30. The summed E-state index contributed by atoms with van der Waals surface area (Å²) in [5.41, 5.74) is 1.15. The monoisotopic (exact) mass is 429 g/mol. The van der Waals surface area contributed by atoms with Crippen molar-refractivity contribution in [2.75, 3.05) is 41.3 Å². The molecule has 0 spiro atoms. The Morgan fingerprint density at radius 3 is 2.32 bits per heavy atom. The molecule has 0 bridgehead atoms. The van der Waals surface area contributed by atoms with Gasteiger partial charge in [0.05, 0.1) is 7.11 Å². The molecule has 0 radical (unpaired) electrons. The zero-order valence-electron chi connectivity index (χ0n) is 17.4. The number of esters is 1. The van der Waals surface area contributed by atoms with Crippen LogP contribution >= 0.6 is 0 Å². The highest BCUT2D eigenvalue weighted by Crippen LogP contribution is 2.42. The molecule has 0 fully saturated rings. The molecule has 0 saturated heterocycles. The summed E-state index contributed by atoms with van der Waals surface area (Å²) in [6, 6.07) is 6.42. The van der Waals surface area contributed by atoms with Crippen LogP contribution in [0.2, 0.25) is 0 Å². The van der Waals surface area contributed by atoms with Gasteiger partial charge in [0.25, 0.3) is 0 Å². The number of ether oxygens (including phenoxy) is 5. The average Bonchev–Trinajstić information content (AvgIpc) is 3.43. The van der Waals surface area contributed by atoms with Crippen molar-refractivity contribution in [2.45, 2.75) is 6.42 Å². The Kier molecular flexibility index (Phi) is 5.51. The minimum atomic E-state index is -0.727. The number of rotatable bonds is 6. The summed E-state index contributed by atoms with van der Waals surface area (Å²) in [7, 11) is 5.10. The third kappa shape index (κ3) is 3.79. The summed E-state index contributed by atoms with van der Waals surface area (Å²) in [5, 5.41) is 22.0. The Balaban J connectivity index is 1.85. The third-order valence-corrected chi connectivity index (χ3v) is 5.09. The molecule has 0 aliphatic carbocycles. The number of carbonyl (C=O) groups is 1. The predicted molar refractivity (Wildman–Crippen MR) is 111 cm³/mol. The maximum atomic E-state index is 12.4. The van der Waals surface area contributed by atoms with E-state index < -0.39 is 17.5 Å². The lowest BCUT2D eigenvalue weighted by molar-refractivity contribution is 0.0595. The van der Waals surface area contributed by atoms with E-state index >= 15 is 0 Å². The number of likely N-dealkylation sites (N-methyl/N-ethyl adjacent to an activating group) is 1. The van der Waals surface area contributed by atoms with Gasteiger partial charge in [0.2, 0.25) is 13.6 Å². The normalized spacial score (nSPS) is 14.6. The summed E-state index contributed by atoms with van der Waals surface area (Å²) in [6.45, 7) is 0.727. The molecule has 0 atom stereocenters. The highest BCUT2D eigenvalue weighted by atomic mass is 16.7. The summed E-state index contributed by atoms with van der Waals surface area (Å²) < 4.78 is 26.5. The molecule has 2 aliphatic heterocycles. The first-order valence-electron chi connectivity index (χ1n) is 9.61.